The lowest BCUT2D eigenvalue weighted by molar-refractivity contribution is 0.102. The third-order valence-electron chi connectivity index (χ3n) is 2.05. The second-order valence-corrected chi connectivity index (χ2v) is 3.91. The van der Waals surface area contributed by atoms with E-state index in [0.29, 0.717) is 11.6 Å². The molecule has 0 aliphatic rings. The first-order chi connectivity index (χ1) is 8.54. The highest BCUT2D eigenvalue weighted by molar-refractivity contribution is 6.29. The topological polar surface area (TPSA) is 93.8 Å². The SMILES string of the molecule is Cc1nc(N)cc(NC(=O)c2cccc(Cl)n2)n1. The molecule has 0 atom stereocenters. The molecule has 0 aromatic carbocycles. The number of anilines is 2. The van der Waals surface area contributed by atoms with E-state index in [1.54, 1.807) is 25.1 Å². The highest BCUT2D eigenvalue weighted by atomic mass is 35.5. The number of aryl methyl sites for hydroxylation is 1. The van der Waals surface area contributed by atoms with Gasteiger partial charge in [0.1, 0.15) is 28.3 Å². The lowest BCUT2D eigenvalue weighted by Crippen LogP contribution is -2.15. The third kappa shape index (κ3) is 2.92. The van der Waals surface area contributed by atoms with Gasteiger partial charge in [-0.2, -0.15) is 0 Å². The number of nitrogens with zero attached hydrogens (tertiary/aromatic N) is 3. The molecule has 0 aliphatic heterocycles. The maximum Gasteiger partial charge on any atom is 0.275 e. The summed E-state index contributed by atoms with van der Waals surface area (Å²) in [6, 6.07) is 6.25. The van der Waals surface area contributed by atoms with Crippen LogP contribution in [0.25, 0.3) is 0 Å². The van der Waals surface area contributed by atoms with Gasteiger partial charge < -0.3 is 11.1 Å². The summed E-state index contributed by atoms with van der Waals surface area (Å²) in [5.74, 6) is 0.683. The normalized spacial score (nSPS) is 10.1. The van der Waals surface area contributed by atoms with Gasteiger partial charge in [-0.15, -0.1) is 0 Å². The van der Waals surface area contributed by atoms with Crippen molar-refractivity contribution in [3.05, 3.63) is 40.9 Å². The molecule has 6 nitrogen and oxygen atoms in total. The molecule has 0 radical (unpaired) electrons. The van der Waals surface area contributed by atoms with Crippen LogP contribution >= 0.6 is 11.6 Å². The van der Waals surface area contributed by atoms with Crippen LogP contribution in [-0.4, -0.2) is 20.9 Å². The molecule has 92 valence electrons. The number of hydrogen-bond acceptors (Lipinski definition) is 5. The summed E-state index contributed by atoms with van der Waals surface area (Å²) in [5, 5.41) is 2.83. The van der Waals surface area contributed by atoms with Crippen molar-refractivity contribution in [1.82, 2.24) is 15.0 Å². The summed E-state index contributed by atoms with van der Waals surface area (Å²) in [7, 11) is 0. The van der Waals surface area contributed by atoms with E-state index in [0.717, 1.165) is 0 Å². The molecule has 2 rings (SSSR count). The molecule has 2 heterocycles. The Labute approximate surface area is 108 Å². The van der Waals surface area contributed by atoms with Crippen LogP contribution in [0.3, 0.4) is 0 Å². The Kier molecular flexibility index (Phi) is 3.38. The summed E-state index contributed by atoms with van der Waals surface area (Å²) in [6.45, 7) is 1.68. The Morgan fingerprint density at radius 3 is 2.78 bits per heavy atom. The van der Waals surface area contributed by atoms with Crippen LogP contribution in [0.1, 0.15) is 16.3 Å². The zero-order valence-electron chi connectivity index (χ0n) is 9.51. The quantitative estimate of drug-likeness (QED) is 0.804. The Bertz CT molecular complexity index is 581. The van der Waals surface area contributed by atoms with E-state index in [1.807, 2.05) is 0 Å². The summed E-state index contributed by atoms with van der Waals surface area (Å²) < 4.78 is 0. The Balaban J connectivity index is 2.21. The number of nitrogens with two attached hydrogens (primary N) is 1. The van der Waals surface area contributed by atoms with Gasteiger partial charge in [-0.1, -0.05) is 17.7 Å². The molecule has 18 heavy (non-hydrogen) atoms. The van der Waals surface area contributed by atoms with E-state index in [9.17, 15) is 4.79 Å². The molecule has 0 saturated heterocycles. The predicted molar refractivity (Wildman–Crippen MR) is 68.4 cm³/mol. The number of rotatable bonds is 2. The van der Waals surface area contributed by atoms with Crippen molar-refractivity contribution in [3.8, 4) is 0 Å². The second-order valence-electron chi connectivity index (χ2n) is 3.52. The number of carbonyl (C=O) groups excluding carboxylic acids is 1. The fourth-order valence-electron chi connectivity index (χ4n) is 1.37. The number of aromatic nitrogens is 3. The Morgan fingerprint density at radius 1 is 1.33 bits per heavy atom. The van der Waals surface area contributed by atoms with Gasteiger partial charge in [0.15, 0.2) is 0 Å². The lowest BCUT2D eigenvalue weighted by atomic mass is 10.3. The number of hydrogen-bond donors (Lipinski definition) is 2. The van der Waals surface area contributed by atoms with Gasteiger partial charge in [0, 0.05) is 6.07 Å². The average molecular weight is 264 g/mol. The molecule has 2 aromatic rings. The molecule has 1 amide bonds. The first-order valence-electron chi connectivity index (χ1n) is 5.09. The van der Waals surface area contributed by atoms with E-state index in [-0.39, 0.29) is 16.7 Å². The fourth-order valence-corrected chi connectivity index (χ4v) is 1.53. The van der Waals surface area contributed by atoms with Crippen LogP contribution in [0.4, 0.5) is 11.6 Å². The van der Waals surface area contributed by atoms with Crippen molar-refractivity contribution in [2.45, 2.75) is 6.92 Å². The molecule has 2 aromatic heterocycles. The molecule has 0 unspecified atom stereocenters. The average Bonchev–Trinajstić information content (AvgIpc) is 2.27. The van der Waals surface area contributed by atoms with E-state index >= 15 is 0 Å². The van der Waals surface area contributed by atoms with E-state index in [1.165, 1.54) is 6.07 Å². The maximum atomic E-state index is 11.9. The van der Waals surface area contributed by atoms with Crippen molar-refractivity contribution in [2.24, 2.45) is 0 Å². The standard InChI is InChI=1S/C11H10ClN5O/c1-6-14-9(13)5-10(15-6)17-11(18)7-3-2-4-8(12)16-7/h2-5H,1H3,(H3,13,14,15,17,18). The number of halogens is 1. The molecule has 3 N–H and O–H groups in total. The predicted octanol–water partition coefficient (Wildman–Crippen LogP) is 1.67. The smallest absolute Gasteiger partial charge is 0.275 e. The molecule has 0 fully saturated rings. The third-order valence-corrected chi connectivity index (χ3v) is 2.26. The van der Waals surface area contributed by atoms with Gasteiger partial charge in [0.2, 0.25) is 0 Å². The van der Waals surface area contributed by atoms with Crippen LogP contribution < -0.4 is 11.1 Å². The molecule has 0 aliphatic carbocycles. The zero-order chi connectivity index (χ0) is 13.1. The molecule has 7 heteroatoms. The van der Waals surface area contributed by atoms with Crippen molar-refractivity contribution >= 4 is 29.1 Å². The first-order valence-corrected chi connectivity index (χ1v) is 5.47. The maximum absolute atomic E-state index is 11.9. The number of nitrogen functional groups attached to an aromatic ring is 1. The van der Waals surface area contributed by atoms with E-state index in [4.69, 9.17) is 17.3 Å². The van der Waals surface area contributed by atoms with Crippen molar-refractivity contribution in [2.75, 3.05) is 11.1 Å². The summed E-state index contributed by atoms with van der Waals surface area (Å²) in [6.07, 6.45) is 0. The summed E-state index contributed by atoms with van der Waals surface area (Å²) in [5.41, 5.74) is 5.76. The van der Waals surface area contributed by atoms with Gasteiger partial charge >= 0.3 is 0 Å². The number of nitrogens with one attached hydrogen (secondary N) is 1. The molecule has 0 spiro atoms. The summed E-state index contributed by atoms with van der Waals surface area (Å²) >= 11 is 5.71. The molecule has 0 bridgehead atoms. The van der Waals surface area contributed by atoms with Gasteiger partial charge in [-0.05, 0) is 19.1 Å². The van der Waals surface area contributed by atoms with Crippen LogP contribution in [0, 0.1) is 6.92 Å². The van der Waals surface area contributed by atoms with Crippen molar-refractivity contribution in [3.63, 3.8) is 0 Å². The molecular formula is C11H10ClN5O. The Hall–Kier alpha value is -2.21. The largest absolute Gasteiger partial charge is 0.384 e. The first kappa shape index (κ1) is 12.3. The number of amides is 1. The highest BCUT2D eigenvalue weighted by Gasteiger charge is 2.09. The van der Waals surface area contributed by atoms with Crippen molar-refractivity contribution in [1.29, 1.82) is 0 Å². The second kappa shape index (κ2) is 4.97. The van der Waals surface area contributed by atoms with Gasteiger partial charge in [-0.3, -0.25) is 4.79 Å². The molecular weight excluding hydrogens is 254 g/mol. The monoisotopic (exact) mass is 263 g/mol. The van der Waals surface area contributed by atoms with E-state index in [2.05, 4.69) is 20.3 Å². The van der Waals surface area contributed by atoms with Crippen LogP contribution in [-0.2, 0) is 0 Å². The van der Waals surface area contributed by atoms with Crippen LogP contribution in [0.15, 0.2) is 24.3 Å². The lowest BCUT2D eigenvalue weighted by Gasteiger charge is -2.05. The minimum atomic E-state index is -0.407. The zero-order valence-corrected chi connectivity index (χ0v) is 10.3. The van der Waals surface area contributed by atoms with Crippen LogP contribution in [0.5, 0.6) is 0 Å². The fraction of sp³-hybridized carbons (Fsp3) is 0.0909. The van der Waals surface area contributed by atoms with Gasteiger partial charge in [0.05, 0.1) is 0 Å². The molecule has 0 saturated carbocycles. The summed E-state index contributed by atoms with van der Waals surface area (Å²) in [4.78, 5) is 23.7. The van der Waals surface area contributed by atoms with Gasteiger partial charge in [0.25, 0.3) is 5.91 Å². The number of carbonyl (C=O) groups is 1. The highest BCUT2D eigenvalue weighted by Crippen LogP contribution is 2.10. The van der Waals surface area contributed by atoms with Crippen LogP contribution in [0.2, 0.25) is 5.15 Å². The number of pyridine rings is 1. The van der Waals surface area contributed by atoms with Crippen molar-refractivity contribution < 1.29 is 4.79 Å². The Morgan fingerprint density at radius 2 is 2.11 bits per heavy atom. The van der Waals surface area contributed by atoms with E-state index < -0.39 is 5.91 Å². The minimum absolute atomic E-state index is 0.206. The van der Waals surface area contributed by atoms with Gasteiger partial charge in [-0.25, -0.2) is 15.0 Å². The minimum Gasteiger partial charge on any atom is -0.384 e.